The summed E-state index contributed by atoms with van der Waals surface area (Å²) in [4.78, 5) is 0. The number of halogens is 3. The van der Waals surface area contributed by atoms with Gasteiger partial charge in [0.25, 0.3) is 0 Å². The highest BCUT2D eigenvalue weighted by atomic mass is 19.4. The van der Waals surface area contributed by atoms with E-state index in [0.717, 1.165) is 12.2 Å². The van der Waals surface area contributed by atoms with Crippen molar-refractivity contribution >= 4 is 0 Å². The second-order valence-corrected chi connectivity index (χ2v) is 1.14. The van der Waals surface area contributed by atoms with E-state index in [1.165, 1.54) is 0 Å². The van der Waals surface area contributed by atoms with Gasteiger partial charge in [-0.1, -0.05) is 18.7 Å². The maximum atomic E-state index is 11.1. The van der Waals surface area contributed by atoms with Gasteiger partial charge in [0.2, 0.25) is 0 Å². The Morgan fingerprint density at radius 2 is 1.75 bits per heavy atom. The molecule has 0 rings (SSSR count). The Kier molecular flexibility index (Phi) is 2.31. The van der Waals surface area contributed by atoms with Crippen LogP contribution < -0.4 is 0 Å². The molecule has 0 aromatic heterocycles. The molecule has 46 valence electrons. The molecule has 0 N–H and O–H groups in total. The van der Waals surface area contributed by atoms with Crippen molar-refractivity contribution in [1.82, 2.24) is 0 Å². The molecule has 0 heterocycles. The Balaban J connectivity index is 3.69. The SMILES string of the molecule is C=C/C=C/C(F)(F)F. The molecule has 0 aromatic carbocycles. The van der Waals surface area contributed by atoms with E-state index in [-0.39, 0.29) is 6.08 Å². The Labute approximate surface area is 45.3 Å². The van der Waals surface area contributed by atoms with Gasteiger partial charge in [0.1, 0.15) is 0 Å². The molecule has 0 spiro atoms. The van der Waals surface area contributed by atoms with Gasteiger partial charge in [-0.15, -0.1) is 0 Å². The van der Waals surface area contributed by atoms with Crippen LogP contribution in [0.15, 0.2) is 24.8 Å². The summed E-state index contributed by atoms with van der Waals surface area (Å²) in [6.45, 7) is 3.08. The van der Waals surface area contributed by atoms with E-state index in [1.54, 1.807) is 0 Å². The van der Waals surface area contributed by atoms with Crippen LogP contribution in [0.25, 0.3) is 0 Å². The predicted molar refractivity (Wildman–Crippen MR) is 25.4 cm³/mol. The van der Waals surface area contributed by atoms with Crippen molar-refractivity contribution in [2.24, 2.45) is 0 Å². The standard InChI is InChI=1S/C5H5F3/c1-2-3-4-5(6,7)8/h2-4H,1H2/b4-3+. The first-order valence-electron chi connectivity index (χ1n) is 1.93. The topological polar surface area (TPSA) is 0 Å². The zero-order valence-electron chi connectivity index (χ0n) is 4.07. The van der Waals surface area contributed by atoms with Gasteiger partial charge >= 0.3 is 6.18 Å². The molecule has 0 aromatic rings. The third-order valence-corrected chi connectivity index (χ3v) is 0.421. The highest BCUT2D eigenvalue weighted by Crippen LogP contribution is 2.15. The van der Waals surface area contributed by atoms with Gasteiger partial charge in [-0.05, 0) is 0 Å². The van der Waals surface area contributed by atoms with E-state index in [4.69, 9.17) is 0 Å². The van der Waals surface area contributed by atoms with E-state index >= 15 is 0 Å². The molecular weight excluding hydrogens is 117 g/mol. The maximum Gasteiger partial charge on any atom is 0.409 e. The summed E-state index contributed by atoms with van der Waals surface area (Å²) >= 11 is 0. The number of hydrogen-bond donors (Lipinski definition) is 0. The lowest BCUT2D eigenvalue weighted by molar-refractivity contribution is -0.0798. The molecule has 0 aliphatic rings. The van der Waals surface area contributed by atoms with E-state index in [2.05, 4.69) is 6.58 Å². The van der Waals surface area contributed by atoms with E-state index in [1.807, 2.05) is 0 Å². The Morgan fingerprint density at radius 3 is 1.88 bits per heavy atom. The molecule has 0 aliphatic carbocycles. The summed E-state index contributed by atoms with van der Waals surface area (Å²) in [7, 11) is 0. The van der Waals surface area contributed by atoms with Crippen molar-refractivity contribution in [3.63, 3.8) is 0 Å². The summed E-state index contributed by atoms with van der Waals surface area (Å²) in [5.74, 6) is 0. The fourth-order valence-corrected chi connectivity index (χ4v) is 0.177. The first-order chi connectivity index (χ1) is 3.56. The summed E-state index contributed by atoms with van der Waals surface area (Å²) in [5, 5.41) is 0. The van der Waals surface area contributed by atoms with Crippen LogP contribution in [0.2, 0.25) is 0 Å². The van der Waals surface area contributed by atoms with E-state index in [9.17, 15) is 13.2 Å². The molecule has 3 heteroatoms. The predicted octanol–water partition coefficient (Wildman–Crippen LogP) is 2.29. The van der Waals surface area contributed by atoms with Crippen molar-refractivity contribution in [2.75, 3.05) is 0 Å². The van der Waals surface area contributed by atoms with Crippen molar-refractivity contribution in [2.45, 2.75) is 6.18 Å². The zero-order chi connectivity index (χ0) is 6.62. The summed E-state index contributed by atoms with van der Waals surface area (Å²) in [6.07, 6.45) is -2.15. The lowest BCUT2D eigenvalue weighted by atomic mass is 10.5. The lowest BCUT2D eigenvalue weighted by Gasteiger charge is -1.93. The largest absolute Gasteiger partial charge is 0.409 e. The van der Waals surface area contributed by atoms with Gasteiger partial charge in [-0.3, -0.25) is 0 Å². The van der Waals surface area contributed by atoms with Crippen LogP contribution in [0.4, 0.5) is 13.2 Å². The van der Waals surface area contributed by atoms with Gasteiger partial charge in [-0.25, -0.2) is 0 Å². The van der Waals surface area contributed by atoms with Crippen LogP contribution >= 0.6 is 0 Å². The van der Waals surface area contributed by atoms with Crippen LogP contribution in [-0.2, 0) is 0 Å². The van der Waals surface area contributed by atoms with Crippen LogP contribution in [-0.4, -0.2) is 6.18 Å². The van der Waals surface area contributed by atoms with Gasteiger partial charge in [0.15, 0.2) is 0 Å². The summed E-state index contributed by atoms with van der Waals surface area (Å²) in [5.41, 5.74) is 0. The van der Waals surface area contributed by atoms with E-state index < -0.39 is 6.18 Å². The number of hydrogen-bond acceptors (Lipinski definition) is 0. The fraction of sp³-hybridized carbons (Fsp3) is 0.200. The summed E-state index contributed by atoms with van der Waals surface area (Å²) in [6, 6.07) is 0. The van der Waals surface area contributed by atoms with Crippen molar-refractivity contribution in [3.05, 3.63) is 24.8 Å². The highest BCUT2D eigenvalue weighted by Gasteiger charge is 2.20. The third kappa shape index (κ3) is 5.27. The molecule has 0 radical (unpaired) electrons. The Bertz CT molecular complexity index is 98.7. The second-order valence-electron chi connectivity index (χ2n) is 1.14. The van der Waals surface area contributed by atoms with Crippen LogP contribution in [0.1, 0.15) is 0 Å². The van der Waals surface area contributed by atoms with Gasteiger partial charge in [-0.2, -0.15) is 13.2 Å². The lowest BCUT2D eigenvalue weighted by Crippen LogP contribution is -1.99. The Morgan fingerprint density at radius 1 is 1.25 bits per heavy atom. The quantitative estimate of drug-likeness (QED) is 0.468. The minimum absolute atomic E-state index is 0.125. The smallest absolute Gasteiger partial charge is 0.167 e. The second kappa shape index (κ2) is 2.55. The summed E-state index contributed by atoms with van der Waals surface area (Å²) < 4.78 is 33.3. The number of alkyl halides is 3. The molecule has 0 saturated heterocycles. The first-order valence-corrected chi connectivity index (χ1v) is 1.93. The molecule has 0 saturated carbocycles. The molecule has 0 nitrogen and oxygen atoms in total. The van der Waals surface area contributed by atoms with Gasteiger partial charge < -0.3 is 0 Å². The first kappa shape index (κ1) is 7.27. The van der Waals surface area contributed by atoms with Gasteiger partial charge in [0.05, 0.1) is 0 Å². The van der Waals surface area contributed by atoms with E-state index in [0.29, 0.717) is 0 Å². The van der Waals surface area contributed by atoms with Crippen LogP contribution in [0.3, 0.4) is 0 Å². The molecule has 0 amide bonds. The molecule has 8 heavy (non-hydrogen) atoms. The van der Waals surface area contributed by atoms with Crippen molar-refractivity contribution in [1.29, 1.82) is 0 Å². The van der Waals surface area contributed by atoms with Crippen molar-refractivity contribution < 1.29 is 13.2 Å². The normalized spacial score (nSPS) is 12.4. The molecule has 0 bridgehead atoms. The van der Waals surface area contributed by atoms with Crippen LogP contribution in [0.5, 0.6) is 0 Å². The molecule has 0 atom stereocenters. The minimum atomic E-state index is -4.20. The van der Waals surface area contributed by atoms with Crippen molar-refractivity contribution in [3.8, 4) is 0 Å². The minimum Gasteiger partial charge on any atom is -0.167 e. The zero-order valence-corrected chi connectivity index (χ0v) is 4.07. The third-order valence-electron chi connectivity index (χ3n) is 0.421. The number of rotatable bonds is 1. The molecule has 0 fully saturated rings. The van der Waals surface area contributed by atoms with Gasteiger partial charge in [0, 0.05) is 6.08 Å². The Hall–Kier alpha value is -0.730. The molecular formula is C5H5F3. The average Bonchev–Trinajstić information content (AvgIpc) is 1.59. The molecule has 0 unspecified atom stereocenters. The fourth-order valence-electron chi connectivity index (χ4n) is 0.177. The monoisotopic (exact) mass is 122 g/mol. The average molecular weight is 122 g/mol. The number of allylic oxidation sites excluding steroid dienone is 3. The van der Waals surface area contributed by atoms with Crippen LogP contribution in [0, 0.1) is 0 Å². The molecule has 0 aliphatic heterocycles. The highest BCUT2D eigenvalue weighted by molar-refractivity contribution is 5.00. The maximum absolute atomic E-state index is 11.1.